The number of ether oxygens (including phenoxy) is 3. The van der Waals surface area contributed by atoms with Crippen molar-refractivity contribution in [3.8, 4) is 22.9 Å². The monoisotopic (exact) mass is 774 g/mol. The van der Waals surface area contributed by atoms with Crippen LogP contribution in [0.3, 0.4) is 0 Å². The highest BCUT2D eigenvalue weighted by Crippen LogP contribution is 2.52. The molecule has 4 N–H and O–H groups in total. The molecule has 0 spiro atoms. The lowest BCUT2D eigenvalue weighted by Crippen LogP contribution is -2.59. The molecule has 3 amide bonds. The number of hydrogen-bond acceptors (Lipinski definition) is 11. The number of carboxylic acids is 1. The third-order valence-electron chi connectivity index (χ3n) is 11.2. The van der Waals surface area contributed by atoms with Crippen LogP contribution in [0.2, 0.25) is 0 Å². The zero-order valence-electron chi connectivity index (χ0n) is 32.1. The lowest BCUT2D eigenvalue weighted by Gasteiger charge is -2.35. The first-order valence-corrected chi connectivity index (χ1v) is 19.8. The number of fused-ring (bicyclic) bond motifs is 2. The summed E-state index contributed by atoms with van der Waals surface area (Å²) in [6.07, 6.45) is 3.05. The molecule has 0 radical (unpaired) electrons. The molecule has 1 aliphatic heterocycles. The molecule has 3 aromatic rings. The average molecular weight is 775 g/mol. The summed E-state index contributed by atoms with van der Waals surface area (Å²) in [4.78, 5) is 65.4. The normalized spacial score (nSPS) is 27.2. The van der Waals surface area contributed by atoms with Crippen LogP contribution in [-0.4, -0.2) is 93.4 Å². The molecule has 3 heterocycles. The Morgan fingerprint density at radius 3 is 2.44 bits per heavy atom. The number of aliphatic carboxylic acids is 1. The average Bonchev–Trinajstić information content (AvgIpc) is 3.79. The van der Waals surface area contributed by atoms with Crippen molar-refractivity contribution in [2.24, 2.45) is 23.2 Å². The summed E-state index contributed by atoms with van der Waals surface area (Å²) in [5.41, 5.74) is -0.476. The Morgan fingerprint density at radius 1 is 1.05 bits per heavy atom. The van der Waals surface area contributed by atoms with Crippen LogP contribution in [0.1, 0.15) is 66.7 Å². The van der Waals surface area contributed by atoms with Crippen molar-refractivity contribution in [3.05, 3.63) is 42.3 Å². The number of methoxy groups -OCH3 is 1. The summed E-state index contributed by atoms with van der Waals surface area (Å²) in [5.74, 6) is -0.456. The highest BCUT2D eigenvalue weighted by atomic mass is 32.1. The minimum Gasteiger partial charge on any atom is -0.497 e. The van der Waals surface area contributed by atoms with Crippen molar-refractivity contribution >= 4 is 51.2 Å². The second-order valence-corrected chi connectivity index (χ2v) is 17.6. The van der Waals surface area contributed by atoms with E-state index in [2.05, 4.69) is 22.5 Å². The van der Waals surface area contributed by atoms with Crippen LogP contribution in [0.15, 0.2) is 42.3 Å². The number of aromatic nitrogens is 2. The number of amides is 3. The Morgan fingerprint density at radius 2 is 1.80 bits per heavy atom. The van der Waals surface area contributed by atoms with Gasteiger partial charge in [-0.05, 0) is 68.9 Å². The lowest BCUT2D eigenvalue weighted by molar-refractivity contribution is -0.146. The number of carboxylic acid groups (broad SMARTS) is 1. The fourth-order valence-electron chi connectivity index (χ4n) is 7.98. The van der Waals surface area contributed by atoms with E-state index >= 15 is 0 Å². The fraction of sp³-hybridized carbons (Fsp3) is 0.550. The molecular weight excluding hydrogens is 725 g/mol. The molecule has 3 aliphatic carbocycles. The predicted molar refractivity (Wildman–Crippen MR) is 207 cm³/mol. The summed E-state index contributed by atoms with van der Waals surface area (Å²) >= 11 is 1.46. The van der Waals surface area contributed by atoms with E-state index in [4.69, 9.17) is 24.2 Å². The third-order valence-corrected chi connectivity index (χ3v) is 11.9. The van der Waals surface area contributed by atoms with Crippen molar-refractivity contribution in [1.29, 1.82) is 0 Å². The van der Waals surface area contributed by atoms with Crippen LogP contribution in [-0.2, 0) is 19.1 Å². The summed E-state index contributed by atoms with van der Waals surface area (Å²) in [6, 6.07) is 5.27. The molecular formula is C40H50N6O8S. The molecule has 2 aromatic heterocycles. The Hall–Kier alpha value is -4.92. The highest BCUT2D eigenvalue weighted by molar-refractivity contribution is 7.14. The minimum absolute atomic E-state index is 0.00830. The number of nitrogens with one attached hydrogen (secondary N) is 3. The van der Waals surface area contributed by atoms with E-state index in [0.717, 1.165) is 18.0 Å². The lowest BCUT2D eigenvalue weighted by atomic mass is 9.85. The molecule has 55 heavy (non-hydrogen) atoms. The molecule has 3 saturated carbocycles. The van der Waals surface area contributed by atoms with Gasteiger partial charge in [0.25, 0.3) is 0 Å². The molecule has 2 unspecified atom stereocenters. The number of pyridine rings is 1. The van der Waals surface area contributed by atoms with Crippen LogP contribution in [0.25, 0.3) is 22.3 Å². The number of likely N-dealkylation sites (tertiary alicyclic amines) is 1. The molecule has 15 heteroatoms. The quantitative estimate of drug-likeness (QED) is 0.158. The summed E-state index contributed by atoms with van der Waals surface area (Å²) in [7, 11) is 1.58. The predicted octanol–water partition coefficient (Wildman–Crippen LogP) is 5.62. The van der Waals surface area contributed by atoms with Crippen molar-refractivity contribution in [1.82, 2.24) is 25.5 Å². The zero-order chi connectivity index (χ0) is 39.4. The molecule has 7 rings (SSSR count). The molecule has 4 aliphatic rings. The fourth-order valence-corrected chi connectivity index (χ4v) is 8.83. The number of carbonyl (C=O) groups is 4. The van der Waals surface area contributed by atoms with E-state index in [-0.39, 0.29) is 31.5 Å². The number of thiazole rings is 1. The van der Waals surface area contributed by atoms with Crippen LogP contribution < -0.4 is 25.4 Å². The van der Waals surface area contributed by atoms with E-state index in [9.17, 15) is 24.3 Å². The van der Waals surface area contributed by atoms with Crippen LogP contribution in [0, 0.1) is 23.2 Å². The second kappa shape index (κ2) is 14.6. The second-order valence-electron chi connectivity index (χ2n) is 16.7. The smallest absolute Gasteiger partial charge is 0.408 e. The summed E-state index contributed by atoms with van der Waals surface area (Å²) < 4.78 is 17.9. The molecule has 1 aromatic carbocycles. The van der Waals surface area contributed by atoms with Gasteiger partial charge in [-0.3, -0.25) is 9.59 Å². The van der Waals surface area contributed by atoms with E-state index in [1.807, 2.05) is 46.1 Å². The number of nitrogens with zero attached hydrogens (tertiary/aromatic N) is 3. The van der Waals surface area contributed by atoms with Gasteiger partial charge in [0.2, 0.25) is 11.8 Å². The third kappa shape index (κ3) is 7.94. The molecule has 0 bridgehead atoms. The standard InChI is InChI=1S/C40H50N6O8S/c1-8-23-17-40(23,36(49)50)45-34(47)31-15-26(18-46(31)35(48)33(39(4,5)6)44-38(51)54-25-12-21-11-22(21)13-25)53-32-16-29(30-19-55-37(43-30)41-20(2)3)42-28-14-24(52-7)9-10-27(28)32/h8-10,14,16,19-23,25-26,31,33H,1,11-13,15,17-18H2,2-7H3,(H,41,43)(H,44,51)(H,45,47)(H,49,50)/t21-,22+,23?,25?,26-,31+,33-,40-/m1/s1. The van der Waals surface area contributed by atoms with Gasteiger partial charge in [-0.1, -0.05) is 26.8 Å². The van der Waals surface area contributed by atoms with Gasteiger partial charge in [0.15, 0.2) is 5.13 Å². The van der Waals surface area contributed by atoms with E-state index in [1.54, 1.807) is 25.3 Å². The molecule has 4 fully saturated rings. The Bertz CT molecular complexity index is 2000. The first kappa shape index (κ1) is 38.4. The summed E-state index contributed by atoms with van der Waals surface area (Å²) in [6.45, 7) is 13.3. The minimum atomic E-state index is -1.51. The Balaban J connectivity index is 1.19. The van der Waals surface area contributed by atoms with Crippen molar-refractivity contribution < 1.29 is 38.5 Å². The van der Waals surface area contributed by atoms with Gasteiger partial charge in [0.05, 0.1) is 24.9 Å². The van der Waals surface area contributed by atoms with Crippen molar-refractivity contribution in [2.45, 2.75) is 103 Å². The van der Waals surface area contributed by atoms with Gasteiger partial charge in [-0.25, -0.2) is 19.6 Å². The van der Waals surface area contributed by atoms with Crippen molar-refractivity contribution in [3.63, 3.8) is 0 Å². The maximum atomic E-state index is 14.6. The van der Waals surface area contributed by atoms with Crippen LogP contribution >= 0.6 is 11.3 Å². The number of carbonyl (C=O) groups excluding carboxylic acids is 3. The SMILES string of the molecule is C=CC1C[C@]1(NC(=O)[C@@H]1C[C@@H](Oc2cc(-c3csc(NC(C)C)n3)nc3cc(OC)ccc23)CN1C(=O)[C@@H](NC(=O)OC1C[C@@H]2C[C@@H]2C1)C(C)(C)C)C(=O)O. The number of rotatable bonds is 13. The molecule has 1 saturated heterocycles. The Kier molecular flexibility index (Phi) is 10.2. The summed E-state index contributed by atoms with van der Waals surface area (Å²) in [5, 5.41) is 22.3. The highest BCUT2D eigenvalue weighted by Gasteiger charge is 2.61. The van der Waals surface area contributed by atoms with Gasteiger partial charge in [-0.2, -0.15) is 0 Å². The van der Waals surface area contributed by atoms with Crippen molar-refractivity contribution in [2.75, 3.05) is 19.0 Å². The van der Waals surface area contributed by atoms with Crippen LogP contribution in [0.4, 0.5) is 9.93 Å². The largest absolute Gasteiger partial charge is 0.497 e. The topological polar surface area (TPSA) is 181 Å². The number of alkyl carbamates (subject to hydrolysis) is 1. The van der Waals surface area contributed by atoms with E-state index in [0.29, 0.717) is 45.6 Å². The van der Waals surface area contributed by atoms with Crippen LogP contribution in [0.5, 0.6) is 11.5 Å². The molecule has 14 nitrogen and oxygen atoms in total. The Labute approximate surface area is 324 Å². The number of benzene rings is 1. The number of hydrogen-bond donors (Lipinski definition) is 4. The first-order valence-electron chi connectivity index (χ1n) is 18.9. The van der Waals surface area contributed by atoms with Gasteiger partial charge in [0.1, 0.15) is 47.0 Å². The van der Waals surface area contributed by atoms with Gasteiger partial charge in [0, 0.05) is 41.3 Å². The van der Waals surface area contributed by atoms with E-state index in [1.165, 1.54) is 28.7 Å². The molecule has 294 valence electrons. The first-order chi connectivity index (χ1) is 26.1. The maximum absolute atomic E-state index is 14.6. The molecule has 8 atom stereocenters. The van der Waals surface area contributed by atoms with Gasteiger partial charge < -0.3 is 40.2 Å². The van der Waals surface area contributed by atoms with E-state index < -0.39 is 58.9 Å². The number of anilines is 1. The van der Waals surface area contributed by atoms with Gasteiger partial charge in [-0.15, -0.1) is 17.9 Å². The maximum Gasteiger partial charge on any atom is 0.408 e. The van der Waals surface area contributed by atoms with Gasteiger partial charge >= 0.3 is 12.1 Å². The zero-order valence-corrected chi connectivity index (χ0v) is 32.9.